The number of nitriles is 1. The number of ether oxygens (including phenoxy) is 2. The van der Waals surface area contributed by atoms with Gasteiger partial charge in [0.05, 0.1) is 14.2 Å². The Hall–Kier alpha value is -2.09. The smallest absolute Gasteiger partial charge is 0.356 e. The first-order chi connectivity index (χ1) is 7.13. The van der Waals surface area contributed by atoms with Crippen LogP contribution in [-0.4, -0.2) is 25.2 Å². The number of nitrogens with zero attached hydrogens (tertiary/aromatic N) is 2. The lowest BCUT2D eigenvalue weighted by Gasteiger charge is -2.06. The van der Waals surface area contributed by atoms with Crippen molar-refractivity contribution in [3.05, 3.63) is 22.9 Å². The average molecular weight is 206 g/mol. The van der Waals surface area contributed by atoms with Gasteiger partial charge in [-0.2, -0.15) is 5.26 Å². The zero-order valence-corrected chi connectivity index (χ0v) is 8.70. The summed E-state index contributed by atoms with van der Waals surface area (Å²) < 4.78 is 9.44. The van der Waals surface area contributed by atoms with Gasteiger partial charge in [-0.05, 0) is 18.6 Å². The zero-order chi connectivity index (χ0) is 11.4. The third-order valence-corrected chi connectivity index (χ3v) is 1.88. The Bertz CT molecular complexity index is 435. The van der Waals surface area contributed by atoms with E-state index in [1.165, 1.54) is 20.3 Å². The SMILES string of the molecule is COC(=O)c1cc(C)c(C#N)c(OC)n1. The summed E-state index contributed by atoms with van der Waals surface area (Å²) in [6.45, 7) is 1.70. The molecule has 0 radical (unpaired) electrons. The molecule has 0 atom stereocenters. The minimum atomic E-state index is -0.555. The quantitative estimate of drug-likeness (QED) is 0.676. The van der Waals surface area contributed by atoms with Gasteiger partial charge in [-0.15, -0.1) is 0 Å². The van der Waals surface area contributed by atoms with E-state index in [2.05, 4.69) is 9.72 Å². The lowest BCUT2D eigenvalue weighted by Crippen LogP contribution is -2.07. The Labute approximate surface area is 87.3 Å². The molecule has 78 valence electrons. The van der Waals surface area contributed by atoms with Crippen LogP contribution in [0, 0.1) is 18.3 Å². The van der Waals surface area contributed by atoms with Crippen LogP contribution in [0.25, 0.3) is 0 Å². The van der Waals surface area contributed by atoms with Crippen molar-refractivity contribution in [3.63, 3.8) is 0 Å². The number of methoxy groups -OCH3 is 2. The molecule has 5 nitrogen and oxygen atoms in total. The number of aryl methyl sites for hydroxylation is 1. The van der Waals surface area contributed by atoms with Crippen molar-refractivity contribution in [2.45, 2.75) is 6.92 Å². The normalized spacial score (nSPS) is 9.20. The highest BCUT2D eigenvalue weighted by molar-refractivity contribution is 5.87. The molecule has 0 saturated carbocycles. The molecular weight excluding hydrogens is 196 g/mol. The maximum absolute atomic E-state index is 11.2. The summed E-state index contributed by atoms with van der Waals surface area (Å²) in [5, 5.41) is 8.83. The number of aromatic nitrogens is 1. The number of carbonyl (C=O) groups excluding carboxylic acids is 1. The first-order valence-electron chi connectivity index (χ1n) is 4.18. The maximum atomic E-state index is 11.2. The average Bonchev–Trinajstić information content (AvgIpc) is 2.26. The first-order valence-corrected chi connectivity index (χ1v) is 4.18. The van der Waals surface area contributed by atoms with E-state index >= 15 is 0 Å². The summed E-state index contributed by atoms with van der Waals surface area (Å²) in [6, 6.07) is 3.45. The minimum Gasteiger partial charge on any atom is -0.480 e. The topological polar surface area (TPSA) is 72.2 Å². The molecule has 0 N–H and O–H groups in total. The van der Waals surface area contributed by atoms with Crippen molar-refractivity contribution in [1.82, 2.24) is 4.98 Å². The van der Waals surface area contributed by atoms with Gasteiger partial charge in [0.1, 0.15) is 11.6 Å². The minimum absolute atomic E-state index is 0.130. The molecule has 0 amide bonds. The number of rotatable bonds is 2. The summed E-state index contributed by atoms with van der Waals surface area (Å²) in [6.07, 6.45) is 0. The van der Waals surface area contributed by atoms with Gasteiger partial charge in [0.25, 0.3) is 0 Å². The van der Waals surface area contributed by atoms with Gasteiger partial charge in [-0.3, -0.25) is 0 Å². The van der Waals surface area contributed by atoms with Crippen molar-refractivity contribution in [3.8, 4) is 11.9 Å². The second kappa shape index (κ2) is 4.42. The molecule has 0 bridgehead atoms. The van der Waals surface area contributed by atoms with Crippen molar-refractivity contribution >= 4 is 5.97 Å². The Kier molecular flexibility index (Phi) is 3.24. The molecule has 1 aromatic rings. The van der Waals surface area contributed by atoms with Crippen LogP contribution in [0.3, 0.4) is 0 Å². The van der Waals surface area contributed by atoms with Crippen molar-refractivity contribution < 1.29 is 14.3 Å². The number of carbonyl (C=O) groups is 1. The fourth-order valence-electron chi connectivity index (χ4n) is 1.14. The Morgan fingerprint density at radius 3 is 2.67 bits per heavy atom. The van der Waals surface area contributed by atoms with E-state index in [0.29, 0.717) is 11.1 Å². The summed E-state index contributed by atoms with van der Waals surface area (Å²) in [4.78, 5) is 15.1. The molecule has 0 aliphatic heterocycles. The van der Waals surface area contributed by atoms with E-state index < -0.39 is 5.97 Å². The molecule has 5 heteroatoms. The lowest BCUT2D eigenvalue weighted by atomic mass is 10.1. The van der Waals surface area contributed by atoms with E-state index in [1.54, 1.807) is 6.92 Å². The van der Waals surface area contributed by atoms with Crippen LogP contribution in [0.1, 0.15) is 21.6 Å². The van der Waals surface area contributed by atoms with Crippen molar-refractivity contribution in [2.75, 3.05) is 14.2 Å². The standard InChI is InChI=1S/C10H10N2O3/c1-6-4-8(10(13)15-3)12-9(14-2)7(6)5-11/h4H,1-3H3. The predicted octanol–water partition coefficient (Wildman–Crippen LogP) is 1.06. The van der Waals surface area contributed by atoms with E-state index in [1.807, 2.05) is 6.07 Å². The van der Waals surface area contributed by atoms with E-state index in [-0.39, 0.29) is 11.6 Å². The highest BCUT2D eigenvalue weighted by atomic mass is 16.5. The monoisotopic (exact) mass is 206 g/mol. The van der Waals surface area contributed by atoms with Crippen molar-refractivity contribution in [2.24, 2.45) is 0 Å². The van der Waals surface area contributed by atoms with Crippen molar-refractivity contribution in [1.29, 1.82) is 5.26 Å². The first kappa shape index (κ1) is 11.0. The molecule has 0 fully saturated rings. The Morgan fingerprint density at radius 2 is 2.20 bits per heavy atom. The third-order valence-electron chi connectivity index (χ3n) is 1.88. The number of pyridine rings is 1. The van der Waals surface area contributed by atoms with Crippen LogP contribution >= 0.6 is 0 Å². The van der Waals surface area contributed by atoms with Crippen LogP contribution in [0.4, 0.5) is 0 Å². The van der Waals surface area contributed by atoms with E-state index in [0.717, 1.165) is 0 Å². The second-order valence-electron chi connectivity index (χ2n) is 2.81. The van der Waals surface area contributed by atoms with Gasteiger partial charge in [-0.25, -0.2) is 9.78 Å². The molecule has 0 unspecified atom stereocenters. The molecule has 0 saturated heterocycles. The summed E-state index contributed by atoms with van der Waals surface area (Å²) in [5.41, 5.74) is 1.08. The molecule has 0 aromatic carbocycles. The largest absolute Gasteiger partial charge is 0.480 e. The maximum Gasteiger partial charge on any atom is 0.356 e. The summed E-state index contributed by atoms with van der Waals surface area (Å²) in [5.74, 6) is -0.418. The summed E-state index contributed by atoms with van der Waals surface area (Å²) in [7, 11) is 2.66. The molecule has 1 heterocycles. The number of esters is 1. The van der Waals surface area contributed by atoms with Gasteiger partial charge in [0.2, 0.25) is 5.88 Å². The number of hydrogen-bond donors (Lipinski definition) is 0. The molecule has 1 rings (SSSR count). The highest BCUT2D eigenvalue weighted by Gasteiger charge is 2.14. The highest BCUT2D eigenvalue weighted by Crippen LogP contribution is 2.19. The molecular formula is C10H10N2O3. The predicted molar refractivity (Wildman–Crippen MR) is 51.6 cm³/mol. The molecule has 0 aliphatic rings. The Balaban J connectivity index is 3.33. The second-order valence-corrected chi connectivity index (χ2v) is 2.81. The lowest BCUT2D eigenvalue weighted by molar-refractivity contribution is 0.0593. The van der Waals surface area contributed by atoms with Gasteiger partial charge in [0, 0.05) is 0 Å². The molecule has 1 aromatic heterocycles. The summed E-state index contributed by atoms with van der Waals surface area (Å²) >= 11 is 0. The van der Waals surface area contributed by atoms with Gasteiger partial charge in [0.15, 0.2) is 5.69 Å². The van der Waals surface area contributed by atoms with Crippen LogP contribution in [-0.2, 0) is 4.74 Å². The Morgan fingerprint density at radius 1 is 1.53 bits per heavy atom. The van der Waals surface area contributed by atoms with Gasteiger partial charge in [-0.1, -0.05) is 0 Å². The number of hydrogen-bond acceptors (Lipinski definition) is 5. The van der Waals surface area contributed by atoms with E-state index in [9.17, 15) is 4.79 Å². The third kappa shape index (κ3) is 2.05. The van der Waals surface area contributed by atoms with Crippen LogP contribution in [0.15, 0.2) is 6.07 Å². The fraction of sp³-hybridized carbons (Fsp3) is 0.300. The molecule has 0 spiro atoms. The van der Waals surface area contributed by atoms with E-state index in [4.69, 9.17) is 10.00 Å². The van der Waals surface area contributed by atoms with Crippen LogP contribution in [0.2, 0.25) is 0 Å². The van der Waals surface area contributed by atoms with Crippen LogP contribution in [0.5, 0.6) is 5.88 Å². The van der Waals surface area contributed by atoms with Gasteiger partial charge < -0.3 is 9.47 Å². The molecule has 15 heavy (non-hydrogen) atoms. The fourth-order valence-corrected chi connectivity index (χ4v) is 1.14. The van der Waals surface area contributed by atoms with Gasteiger partial charge >= 0.3 is 5.97 Å². The zero-order valence-electron chi connectivity index (χ0n) is 8.70. The molecule has 0 aliphatic carbocycles. The van der Waals surface area contributed by atoms with Crippen LogP contribution < -0.4 is 4.74 Å².